The summed E-state index contributed by atoms with van der Waals surface area (Å²) in [4.78, 5) is 21.2. The first-order valence-electron chi connectivity index (χ1n) is 11.2. The molecular formula is C23H27FN6O3. The second kappa shape index (κ2) is 8.86. The Morgan fingerprint density at radius 2 is 2.09 bits per heavy atom. The third-order valence-corrected chi connectivity index (χ3v) is 6.38. The lowest BCUT2D eigenvalue weighted by Crippen LogP contribution is -2.44. The molecule has 1 aromatic carbocycles. The highest BCUT2D eigenvalue weighted by molar-refractivity contribution is 5.93. The zero-order chi connectivity index (χ0) is 22.9. The van der Waals surface area contributed by atoms with Crippen molar-refractivity contribution >= 4 is 23.2 Å². The molecule has 3 aromatic rings. The second-order valence-electron chi connectivity index (χ2n) is 8.52. The fourth-order valence-corrected chi connectivity index (χ4v) is 4.77. The largest absolute Gasteiger partial charge is 0.496 e. The van der Waals surface area contributed by atoms with Gasteiger partial charge in [0.15, 0.2) is 5.65 Å². The number of carbonyl (C=O) groups is 1. The molecule has 2 fully saturated rings. The molecule has 33 heavy (non-hydrogen) atoms. The molecule has 4 heterocycles. The van der Waals surface area contributed by atoms with Gasteiger partial charge in [0, 0.05) is 31.4 Å². The first-order valence-corrected chi connectivity index (χ1v) is 11.2. The average Bonchev–Trinajstić information content (AvgIpc) is 3.46. The van der Waals surface area contributed by atoms with E-state index in [0.29, 0.717) is 36.6 Å². The van der Waals surface area contributed by atoms with Gasteiger partial charge in [0.25, 0.3) is 0 Å². The van der Waals surface area contributed by atoms with Gasteiger partial charge in [-0.3, -0.25) is 0 Å². The third kappa shape index (κ3) is 4.18. The quantitative estimate of drug-likeness (QED) is 0.629. The van der Waals surface area contributed by atoms with Crippen molar-refractivity contribution in [2.75, 3.05) is 37.0 Å². The molecule has 2 N–H and O–H groups in total. The van der Waals surface area contributed by atoms with Crippen LogP contribution in [0.25, 0.3) is 5.65 Å². The molecule has 9 nitrogen and oxygen atoms in total. The van der Waals surface area contributed by atoms with E-state index in [1.54, 1.807) is 35.0 Å². The van der Waals surface area contributed by atoms with E-state index < -0.39 is 6.10 Å². The maximum Gasteiger partial charge on any atom is 0.322 e. The number of aliphatic hydroxyl groups is 1. The summed E-state index contributed by atoms with van der Waals surface area (Å²) in [5.41, 5.74) is 1.82. The SMILES string of the molecule is COc1ccc(F)cc1C1CCCN1c1ccn2ncc(NC(=O)N3CCCC(O)C3)c2n1. The predicted octanol–water partition coefficient (Wildman–Crippen LogP) is 3.21. The maximum atomic E-state index is 14.0. The number of aliphatic hydroxyl groups excluding tert-OH is 1. The van der Waals surface area contributed by atoms with Crippen LogP contribution in [-0.4, -0.2) is 63.5 Å². The molecule has 2 aliphatic heterocycles. The van der Waals surface area contributed by atoms with E-state index in [9.17, 15) is 14.3 Å². The fraction of sp³-hybridized carbons (Fsp3) is 0.435. The number of nitrogens with zero attached hydrogens (tertiary/aromatic N) is 5. The van der Waals surface area contributed by atoms with Crippen LogP contribution in [0.1, 0.15) is 37.3 Å². The Bertz CT molecular complexity index is 1170. The van der Waals surface area contributed by atoms with Crippen LogP contribution >= 0.6 is 0 Å². The number of β-amino-alcohol motifs (C(OH)–C–C–N with tert-alkyl or cyclic N) is 1. The Balaban J connectivity index is 1.42. The van der Waals surface area contributed by atoms with E-state index in [1.165, 1.54) is 12.1 Å². The minimum atomic E-state index is -0.495. The van der Waals surface area contributed by atoms with Gasteiger partial charge in [0.05, 0.1) is 25.5 Å². The van der Waals surface area contributed by atoms with E-state index in [-0.39, 0.29) is 17.9 Å². The first-order chi connectivity index (χ1) is 16.0. The van der Waals surface area contributed by atoms with Gasteiger partial charge in [-0.05, 0) is 49.9 Å². The Kier molecular flexibility index (Phi) is 5.76. The molecule has 174 valence electrons. The number of ether oxygens (including phenoxy) is 1. The zero-order valence-electron chi connectivity index (χ0n) is 18.4. The van der Waals surface area contributed by atoms with Crippen LogP contribution < -0.4 is 15.0 Å². The summed E-state index contributed by atoms with van der Waals surface area (Å²) >= 11 is 0. The van der Waals surface area contributed by atoms with Gasteiger partial charge in [-0.15, -0.1) is 0 Å². The van der Waals surface area contributed by atoms with E-state index >= 15 is 0 Å². The van der Waals surface area contributed by atoms with Gasteiger partial charge in [-0.2, -0.15) is 5.10 Å². The summed E-state index contributed by atoms with van der Waals surface area (Å²) in [5, 5.41) is 17.1. The zero-order valence-corrected chi connectivity index (χ0v) is 18.4. The number of methoxy groups -OCH3 is 1. The van der Waals surface area contributed by atoms with Crippen LogP contribution in [0.3, 0.4) is 0 Å². The number of likely N-dealkylation sites (tertiary alicyclic amines) is 1. The number of urea groups is 1. The molecule has 2 aliphatic rings. The highest BCUT2D eigenvalue weighted by Gasteiger charge is 2.30. The molecule has 0 spiro atoms. The van der Waals surface area contributed by atoms with Crippen molar-refractivity contribution in [2.24, 2.45) is 0 Å². The monoisotopic (exact) mass is 454 g/mol. The number of halogens is 1. The number of fused-ring (bicyclic) bond motifs is 1. The molecule has 2 atom stereocenters. The normalized spacial score (nSPS) is 20.9. The van der Waals surface area contributed by atoms with E-state index in [2.05, 4.69) is 15.3 Å². The number of anilines is 2. The fourth-order valence-electron chi connectivity index (χ4n) is 4.77. The molecule has 0 saturated carbocycles. The van der Waals surface area contributed by atoms with Crippen molar-refractivity contribution in [1.29, 1.82) is 0 Å². The minimum Gasteiger partial charge on any atom is -0.496 e. The number of rotatable bonds is 4. The van der Waals surface area contributed by atoms with Gasteiger partial charge >= 0.3 is 6.03 Å². The summed E-state index contributed by atoms with van der Waals surface area (Å²) < 4.78 is 21.1. The molecular weight excluding hydrogens is 427 g/mol. The van der Waals surface area contributed by atoms with Gasteiger partial charge in [-0.1, -0.05) is 0 Å². The summed E-state index contributed by atoms with van der Waals surface area (Å²) in [7, 11) is 1.59. The molecule has 2 saturated heterocycles. The third-order valence-electron chi connectivity index (χ3n) is 6.38. The van der Waals surface area contributed by atoms with E-state index in [1.807, 2.05) is 6.07 Å². The van der Waals surface area contributed by atoms with Crippen LogP contribution in [0.15, 0.2) is 36.7 Å². The summed E-state index contributed by atoms with van der Waals surface area (Å²) in [6.45, 7) is 1.69. The van der Waals surface area contributed by atoms with Crippen LogP contribution in [0, 0.1) is 5.82 Å². The maximum absolute atomic E-state index is 14.0. The van der Waals surface area contributed by atoms with E-state index in [4.69, 9.17) is 9.72 Å². The average molecular weight is 455 g/mol. The first kappa shape index (κ1) is 21.4. The smallest absolute Gasteiger partial charge is 0.322 e. The topological polar surface area (TPSA) is 95.2 Å². The standard InChI is InChI=1S/C23H27FN6O3/c1-33-20-7-6-15(24)12-17(20)19-5-3-10-29(19)21-8-11-30-22(27-21)18(13-25-30)26-23(32)28-9-2-4-16(31)14-28/h6-8,11-13,16,19,31H,2-5,9-10,14H2,1H3,(H,26,32). The summed E-state index contributed by atoms with van der Waals surface area (Å²) in [6, 6.07) is 6.10. The Labute approximate surface area is 190 Å². The van der Waals surface area contributed by atoms with Crippen LogP contribution in [0.2, 0.25) is 0 Å². The molecule has 0 aliphatic carbocycles. The number of hydrogen-bond donors (Lipinski definition) is 2. The Morgan fingerprint density at radius 1 is 1.24 bits per heavy atom. The number of nitrogens with one attached hydrogen (secondary N) is 1. The highest BCUT2D eigenvalue weighted by Crippen LogP contribution is 2.39. The molecule has 0 radical (unpaired) electrons. The molecule has 0 bridgehead atoms. The molecule has 2 amide bonds. The van der Waals surface area contributed by atoms with Gasteiger partial charge in [0.1, 0.15) is 23.1 Å². The number of aromatic nitrogens is 3. The lowest BCUT2D eigenvalue weighted by atomic mass is 10.0. The Morgan fingerprint density at radius 3 is 2.91 bits per heavy atom. The Hall–Kier alpha value is -3.40. The molecule has 2 unspecified atom stereocenters. The van der Waals surface area contributed by atoms with Crippen molar-refractivity contribution in [2.45, 2.75) is 37.8 Å². The van der Waals surface area contributed by atoms with Crippen molar-refractivity contribution in [3.05, 3.63) is 48.0 Å². The predicted molar refractivity (Wildman–Crippen MR) is 121 cm³/mol. The lowest BCUT2D eigenvalue weighted by molar-refractivity contribution is 0.0883. The van der Waals surface area contributed by atoms with Crippen LogP contribution in [-0.2, 0) is 0 Å². The van der Waals surface area contributed by atoms with Gasteiger partial charge in [0.2, 0.25) is 0 Å². The van der Waals surface area contributed by atoms with Crippen LogP contribution in [0.4, 0.5) is 20.7 Å². The number of benzene rings is 1. The van der Waals surface area contributed by atoms with Crippen molar-refractivity contribution in [3.8, 4) is 5.75 Å². The summed E-state index contributed by atoms with van der Waals surface area (Å²) in [6.07, 6.45) is 6.15. The van der Waals surface area contributed by atoms with Crippen molar-refractivity contribution in [1.82, 2.24) is 19.5 Å². The van der Waals surface area contributed by atoms with E-state index in [0.717, 1.165) is 37.2 Å². The number of piperidine rings is 1. The number of amides is 2. The molecule has 10 heteroatoms. The number of carbonyl (C=O) groups excluding carboxylic acids is 1. The summed E-state index contributed by atoms with van der Waals surface area (Å²) in [5.74, 6) is 1.07. The van der Waals surface area contributed by atoms with Gasteiger partial charge in [-0.25, -0.2) is 18.7 Å². The second-order valence-corrected chi connectivity index (χ2v) is 8.52. The van der Waals surface area contributed by atoms with Crippen molar-refractivity contribution < 1.29 is 19.0 Å². The highest BCUT2D eigenvalue weighted by atomic mass is 19.1. The van der Waals surface area contributed by atoms with Crippen molar-refractivity contribution in [3.63, 3.8) is 0 Å². The minimum absolute atomic E-state index is 0.0681. The van der Waals surface area contributed by atoms with Crippen LogP contribution in [0.5, 0.6) is 5.75 Å². The molecule has 2 aromatic heterocycles. The number of hydrogen-bond acceptors (Lipinski definition) is 6. The molecule has 5 rings (SSSR count). The lowest BCUT2D eigenvalue weighted by Gasteiger charge is -2.30. The van der Waals surface area contributed by atoms with Gasteiger partial charge < -0.3 is 25.0 Å².